The van der Waals surface area contributed by atoms with Gasteiger partial charge >= 0.3 is 6.18 Å². The highest BCUT2D eigenvalue weighted by Gasteiger charge is 2.38. The fourth-order valence-electron chi connectivity index (χ4n) is 3.89. The molecule has 0 saturated carbocycles. The summed E-state index contributed by atoms with van der Waals surface area (Å²) in [5.74, 6) is -1.10. The van der Waals surface area contributed by atoms with Gasteiger partial charge in [0.1, 0.15) is 0 Å². The predicted molar refractivity (Wildman–Crippen MR) is 110 cm³/mol. The molecule has 158 valence electrons. The van der Waals surface area contributed by atoms with Crippen LogP contribution in [-0.2, 0) is 12.7 Å². The molecule has 0 radical (unpaired) electrons. The van der Waals surface area contributed by atoms with Crippen LogP contribution in [-0.4, -0.2) is 33.4 Å². The molecule has 0 atom stereocenters. The number of carbonyl (C=O) groups is 1. The highest BCUT2D eigenvalue weighted by molar-refractivity contribution is 6.35. The molecule has 9 heteroatoms. The average Bonchev–Trinajstić information content (AvgIpc) is 3.09. The van der Waals surface area contributed by atoms with E-state index in [0.29, 0.717) is 52.6 Å². The van der Waals surface area contributed by atoms with Crippen molar-refractivity contribution >= 4 is 40.1 Å². The Hall–Kier alpha value is -2.25. The van der Waals surface area contributed by atoms with Gasteiger partial charge in [0.25, 0.3) is 5.91 Å². The summed E-state index contributed by atoms with van der Waals surface area (Å²) in [5.41, 5.74) is 1.13. The normalized spacial score (nSPS) is 15.7. The molecule has 0 spiro atoms. The van der Waals surface area contributed by atoms with E-state index in [1.54, 1.807) is 41.3 Å². The highest BCUT2D eigenvalue weighted by atomic mass is 35.5. The molecule has 1 saturated heterocycles. The fourth-order valence-corrected chi connectivity index (χ4v) is 4.26. The number of carbonyl (C=O) groups excluding carboxylic acids is 1. The third kappa shape index (κ3) is 4.14. The molecular weight excluding hydrogens is 438 g/mol. The summed E-state index contributed by atoms with van der Waals surface area (Å²) in [7, 11) is 0. The first kappa shape index (κ1) is 21.0. The van der Waals surface area contributed by atoms with Crippen molar-refractivity contribution in [3.8, 4) is 0 Å². The van der Waals surface area contributed by atoms with Crippen molar-refractivity contribution in [3.05, 3.63) is 63.9 Å². The number of rotatable bonds is 3. The SMILES string of the molecule is O=C(c1cc(Cl)ccc1Cl)N1CCC(Cn2c(C(F)(F)F)nc3ccccc32)CC1. The van der Waals surface area contributed by atoms with E-state index in [2.05, 4.69) is 4.98 Å². The van der Waals surface area contributed by atoms with Crippen LogP contribution >= 0.6 is 23.2 Å². The summed E-state index contributed by atoms with van der Waals surface area (Å²) < 4.78 is 41.8. The maximum atomic E-state index is 13.5. The number of hydrogen-bond acceptors (Lipinski definition) is 2. The summed E-state index contributed by atoms with van der Waals surface area (Å²) in [4.78, 5) is 18.2. The number of piperidine rings is 1. The van der Waals surface area contributed by atoms with E-state index in [9.17, 15) is 18.0 Å². The molecule has 2 heterocycles. The second kappa shape index (κ2) is 8.12. The quantitative estimate of drug-likeness (QED) is 0.491. The summed E-state index contributed by atoms with van der Waals surface area (Å²) >= 11 is 12.1. The van der Waals surface area contributed by atoms with E-state index < -0.39 is 12.0 Å². The van der Waals surface area contributed by atoms with Crippen LogP contribution in [0.3, 0.4) is 0 Å². The minimum absolute atomic E-state index is 0.00240. The molecule has 0 N–H and O–H groups in total. The molecule has 0 bridgehead atoms. The summed E-state index contributed by atoms with van der Waals surface area (Å²) in [5, 5.41) is 0.746. The fraction of sp³-hybridized carbons (Fsp3) is 0.333. The molecule has 4 rings (SSSR count). The molecule has 1 fully saturated rings. The molecule has 30 heavy (non-hydrogen) atoms. The lowest BCUT2D eigenvalue weighted by Crippen LogP contribution is -2.39. The van der Waals surface area contributed by atoms with Crippen molar-refractivity contribution < 1.29 is 18.0 Å². The van der Waals surface area contributed by atoms with Crippen molar-refractivity contribution in [2.24, 2.45) is 5.92 Å². The lowest BCUT2D eigenvalue weighted by Gasteiger charge is -2.32. The minimum atomic E-state index is -4.53. The van der Waals surface area contributed by atoms with E-state index in [4.69, 9.17) is 23.2 Å². The summed E-state index contributed by atoms with van der Waals surface area (Å²) in [6.45, 7) is 1.09. The molecule has 0 unspecified atom stereocenters. The first-order valence-corrected chi connectivity index (χ1v) is 10.3. The van der Waals surface area contributed by atoms with Crippen LogP contribution < -0.4 is 0 Å². The number of fused-ring (bicyclic) bond motifs is 1. The maximum Gasteiger partial charge on any atom is 0.449 e. The van der Waals surface area contributed by atoms with Crippen LogP contribution in [0.5, 0.6) is 0 Å². The summed E-state index contributed by atoms with van der Waals surface area (Å²) in [6.07, 6.45) is -3.35. The van der Waals surface area contributed by atoms with Crippen molar-refractivity contribution in [1.29, 1.82) is 0 Å². The van der Waals surface area contributed by atoms with Gasteiger partial charge in [-0.3, -0.25) is 4.79 Å². The first-order chi connectivity index (χ1) is 14.2. The number of nitrogens with zero attached hydrogens (tertiary/aromatic N) is 3. The van der Waals surface area contributed by atoms with Crippen LogP contribution in [0.4, 0.5) is 13.2 Å². The van der Waals surface area contributed by atoms with Gasteiger partial charge in [-0.2, -0.15) is 13.2 Å². The molecule has 1 aliphatic heterocycles. The van der Waals surface area contributed by atoms with Crippen molar-refractivity contribution in [3.63, 3.8) is 0 Å². The number of halogens is 5. The lowest BCUT2D eigenvalue weighted by molar-refractivity contribution is -0.147. The van der Waals surface area contributed by atoms with Gasteiger partial charge in [0.2, 0.25) is 5.82 Å². The van der Waals surface area contributed by atoms with Crippen LogP contribution in [0.1, 0.15) is 29.0 Å². The Morgan fingerprint density at radius 2 is 1.80 bits per heavy atom. The largest absolute Gasteiger partial charge is 0.449 e. The van der Waals surface area contributed by atoms with Crippen LogP contribution in [0.25, 0.3) is 11.0 Å². The van der Waals surface area contributed by atoms with Gasteiger partial charge in [0.05, 0.1) is 21.6 Å². The van der Waals surface area contributed by atoms with Gasteiger partial charge in [-0.1, -0.05) is 35.3 Å². The van der Waals surface area contributed by atoms with Gasteiger partial charge in [-0.15, -0.1) is 0 Å². The van der Waals surface area contributed by atoms with Crippen molar-refractivity contribution in [2.45, 2.75) is 25.6 Å². The minimum Gasteiger partial charge on any atom is -0.339 e. The molecule has 0 aliphatic carbocycles. The van der Waals surface area contributed by atoms with E-state index in [-0.39, 0.29) is 18.4 Å². The second-order valence-corrected chi connectivity index (χ2v) is 8.24. The number of benzene rings is 2. The van der Waals surface area contributed by atoms with E-state index in [1.165, 1.54) is 10.6 Å². The third-order valence-electron chi connectivity index (χ3n) is 5.41. The molecule has 2 aromatic carbocycles. The van der Waals surface area contributed by atoms with Crippen LogP contribution in [0, 0.1) is 5.92 Å². The number of alkyl halides is 3. The topological polar surface area (TPSA) is 38.1 Å². The average molecular weight is 456 g/mol. The highest BCUT2D eigenvalue weighted by Crippen LogP contribution is 2.33. The van der Waals surface area contributed by atoms with Gasteiger partial charge < -0.3 is 9.47 Å². The van der Waals surface area contributed by atoms with E-state index in [0.717, 1.165) is 0 Å². The van der Waals surface area contributed by atoms with Gasteiger partial charge in [0.15, 0.2) is 0 Å². The van der Waals surface area contributed by atoms with E-state index in [1.807, 2.05) is 0 Å². The Morgan fingerprint density at radius 1 is 1.10 bits per heavy atom. The monoisotopic (exact) mass is 455 g/mol. The van der Waals surface area contributed by atoms with Gasteiger partial charge in [-0.05, 0) is 49.1 Å². The third-order valence-corrected chi connectivity index (χ3v) is 5.97. The van der Waals surface area contributed by atoms with Crippen molar-refractivity contribution in [1.82, 2.24) is 14.5 Å². The Bertz CT molecular complexity index is 1090. The number of likely N-dealkylation sites (tertiary alicyclic amines) is 1. The number of imidazole rings is 1. The Labute approximate surface area is 181 Å². The zero-order valence-electron chi connectivity index (χ0n) is 15.8. The van der Waals surface area contributed by atoms with Crippen LogP contribution in [0.15, 0.2) is 42.5 Å². The van der Waals surface area contributed by atoms with Crippen molar-refractivity contribution in [2.75, 3.05) is 13.1 Å². The molecule has 3 aromatic rings. The number of aromatic nitrogens is 2. The maximum absolute atomic E-state index is 13.5. The van der Waals surface area contributed by atoms with Gasteiger partial charge in [-0.25, -0.2) is 4.98 Å². The molecule has 1 amide bonds. The van der Waals surface area contributed by atoms with E-state index >= 15 is 0 Å². The van der Waals surface area contributed by atoms with Gasteiger partial charge in [0, 0.05) is 24.7 Å². The zero-order chi connectivity index (χ0) is 21.5. The second-order valence-electron chi connectivity index (χ2n) is 7.39. The Balaban J connectivity index is 1.49. The molecular formula is C21H18Cl2F3N3O. The number of amides is 1. The smallest absolute Gasteiger partial charge is 0.339 e. The van der Waals surface area contributed by atoms with Crippen LogP contribution in [0.2, 0.25) is 10.0 Å². The molecule has 1 aliphatic rings. The standard InChI is InChI=1S/C21H18Cl2F3N3O/c22-14-5-6-16(23)15(11-14)19(30)28-9-7-13(8-10-28)12-29-18-4-2-1-3-17(18)27-20(29)21(24,25)26/h1-6,11,13H,7-10,12H2. The Kier molecular flexibility index (Phi) is 5.68. The Morgan fingerprint density at radius 3 is 2.50 bits per heavy atom. The number of hydrogen-bond donors (Lipinski definition) is 0. The number of para-hydroxylation sites is 2. The zero-order valence-corrected chi connectivity index (χ0v) is 17.3. The summed E-state index contributed by atoms with van der Waals surface area (Å²) in [6, 6.07) is 11.3. The first-order valence-electron chi connectivity index (χ1n) is 9.51. The molecule has 4 nitrogen and oxygen atoms in total. The lowest BCUT2D eigenvalue weighted by atomic mass is 9.96. The predicted octanol–water partition coefficient (Wildman–Crippen LogP) is 5.91. The molecule has 1 aromatic heterocycles.